The molecule has 3 heterocycles. The standard InChI is InChI=1S/C21H25N3O4/c1-2-16-6-7-17(23-16)21(26)24-9-3-4-14(12-24)11-22-20(25)15-5-8-18-19(10-15)28-13-27-18/h5-8,10,14,23H,2-4,9,11-13H2,1H3,(H,22,25)/t14-/m0/s1. The second-order valence-corrected chi connectivity index (χ2v) is 7.29. The summed E-state index contributed by atoms with van der Waals surface area (Å²) in [5.74, 6) is 1.40. The van der Waals surface area contributed by atoms with E-state index in [9.17, 15) is 9.59 Å². The van der Waals surface area contributed by atoms with E-state index in [2.05, 4.69) is 17.2 Å². The second-order valence-electron chi connectivity index (χ2n) is 7.29. The lowest BCUT2D eigenvalue weighted by atomic mass is 9.97. The number of aromatic amines is 1. The van der Waals surface area contributed by atoms with E-state index in [1.165, 1.54) is 0 Å². The van der Waals surface area contributed by atoms with Gasteiger partial charge in [0.15, 0.2) is 11.5 Å². The summed E-state index contributed by atoms with van der Waals surface area (Å²) in [6.45, 7) is 4.20. The number of rotatable bonds is 5. The highest BCUT2D eigenvalue weighted by atomic mass is 16.7. The van der Waals surface area contributed by atoms with Crippen molar-refractivity contribution in [2.75, 3.05) is 26.4 Å². The average Bonchev–Trinajstić information content (AvgIpc) is 3.40. The monoisotopic (exact) mass is 383 g/mol. The number of benzene rings is 1. The van der Waals surface area contributed by atoms with Gasteiger partial charge in [-0.1, -0.05) is 6.92 Å². The van der Waals surface area contributed by atoms with E-state index in [0.717, 1.165) is 31.5 Å². The number of ether oxygens (including phenoxy) is 2. The highest BCUT2D eigenvalue weighted by Crippen LogP contribution is 2.32. The van der Waals surface area contributed by atoms with Crippen LogP contribution >= 0.6 is 0 Å². The van der Waals surface area contributed by atoms with Crippen molar-refractivity contribution in [3.8, 4) is 11.5 Å². The van der Waals surface area contributed by atoms with E-state index in [1.54, 1.807) is 18.2 Å². The van der Waals surface area contributed by atoms with Gasteiger partial charge in [0.25, 0.3) is 11.8 Å². The molecular formula is C21H25N3O4. The van der Waals surface area contributed by atoms with Crippen molar-refractivity contribution in [2.24, 2.45) is 5.92 Å². The molecule has 0 unspecified atom stereocenters. The second kappa shape index (κ2) is 7.96. The Kier molecular flexibility index (Phi) is 5.23. The summed E-state index contributed by atoms with van der Waals surface area (Å²) < 4.78 is 10.6. The number of fused-ring (bicyclic) bond motifs is 1. The first-order chi connectivity index (χ1) is 13.6. The smallest absolute Gasteiger partial charge is 0.270 e. The normalized spacial score (nSPS) is 18.2. The van der Waals surface area contributed by atoms with Crippen molar-refractivity contribution >= 4 is 11.8 Å². The SMILES string of the molecule is CCc1ccc(C(=O)N2CCC[C@@H](CNC(=O)c3ccc4c(c3)OCO4)C2)[nH]1. The van der Waals surface area contributed by atoms with Gasteiger partial charge in [-0.3, -0.25) is 9.59 Å². The number of piperidine rings is 1. The van der Waals surface area contributed by atoms with Crippen LogP contribution < -0.4 is 14.8 Å². The van der Waals surface area contributed by atoms with E-state index in [4.69, 9.17) is 9.47 Å². The zero-order valence-electron chi connectivity index (χ0n) is 16.0. The quantitative estimate of drug-likeness (QED) is 0.831. The molecular weight excluding hydrogens is 358 g/mol. The Morgan fingerprint density at radius 3 is 2.89 bits per heavy atom. The predicted molar refractivity (Wildman–Crippen MR) is 104 cm³/mol. The van der Waals surface area contributed by atoms with Crippen LogP contribution in [0.25, 0.3) is 0 Å². The lowest BCUT2D eigenvalue weighted by Gasteiger charge is -2.32. The van der Waals surface area contributed by atoms with Crippen molar-refractivity contribution in [1.82, 2.24) is 15.2 Å². The molecule has 2 aliphatic rings. The van der Waals surface area contributed by atoms with E-state index in [0.29, 0.717) is 35.8 Å². The summed E-state index contributed by atoms with van der Waals surface area (Å²) in [5.41, 5.74) is 2.25. The Morgan fingerprint density at radius 2 is 2.07 bits per heavy atom. The van der Waals surface area contributed by atoms with Gasteiger partial charge in [0.05, 0.1) is 0 Å². The number of aromatic nitrogens is 1. The number of H-pyrrole nitrogens is 1. The molecule has 0 aliphatic carbocycles. The van der Waals surface area contributed by atoms with Crippen LogP contribution in [-0.2, 0) is 6.42 Å². The minimum Gasteiger partial charge on any atom is -0.454 e. The van der Waals surface area contributed by atoms with Gasteiger partial charge in [-0.05, 0) is 55.5 Å². The van der Waals surface area contributed by atoms with Gasteiger partial charge in [-0.2, -0.15) is 0 Å². The average molecular weight is 383 g/mol. The van der Waals surface area contributed by atoms with Gasteiger partial charge in [0, 0.05) is 30.9 Å². The van der Waals surface area contributed by atoms with Crippen molar-refractivity contribution in [3.05, 3.63) is 47.3 Å². The Bertz CT molecular complexity index is 876. The molecule has 2 N–H and O–H groups in total. The van der Waals surface area contributed by atoms with Crippen LogP contribution in [0.2, 0.25) is 0 Å². The molecule has 7 nitrogen and oxygen atoms in total. The molecule has 1 saturated heterocycles. The largest absolute Gasteiger partial charge is 0.454 e. The lowest BCUT2D eigenvalue weighted by molar-refractivity contribution is 0.0665. The molecule has 2 aromatic rings. The third kappa shape index (κ3) is 3.83. The molecule has 1 fully saturated rings. The Balaban J connectivity index is 1.32. The van der Waals surface area contributed by atoms with Crippen LogP contribution in [-0.4, -0.2) is 48.1 Å². The van der Waals surface area contributed by atoms with E-state index < -0.39 is 0 Å². The van der Waals surface area contributed by atoms with Crippen molar-refractivity contribution < 1.29 is 19.1 Å². The minimum absolute atomic E-state index is 0.0338. The minimum atomic E-state index is -0.140. The zero-order valence-corrected chi connectivity index (χ0v) is 16.0. The van der Waals surface area contributed by atoms with Gasteiger partial charge in [0.2, 0.25) is 6.79 Å². The fourth-order valence-electron chi connectivity index (χ4n) is 3.73. The highest BCUT2D eigenvalue weighted by Gasteiger charge is 2.26. The number of likely N-dealkylation sites (tertiary alicyclic amines) is 1. The molecule has 0 radical (unpaired) electrons. The molecule has 0 bridgehead atoms. The van der Waals surface area contributed by atoms with Gasteiger partial charge in [0.1, 0.15) is 5.69 Å². The van der Waals surface area contributed by atoms with E-state index in [1.807, 2.05) is 17.0 Å². The first kappa shape index (κ1) is 18.4. The maximum absolute atomic E-state index is 12.7. The molecule has 1 aromatic carbocycles. The Hall–Kier alpha value is -2.96. The number of carbonyl (C=O) groups is 2. The van der Waals surface area contributed by atoms with Crippen molar-refractivity contribution in [1.29, 1.82) is 0 Å². The van der Waals surface area contributed by atoms with Crippen LogP contribution in [0.1, 0.15) is 46.3 Å². The molecule has 1 atom stereocenters. The van der Waals surface area contributed by atoms with Gasteiger partial charge in [-0.15, -0.1) is 0 Å². The summed E-state index contributed by atoms with van der Waals surface area (Å²) in [7, 11) is 0. The molecule has 0 saturated carbocycles. The topological polar surface area (TPSA) is 83.7 Å². The van der Waals surface area contributed by atoms with Gasteiger partial charge >= 0.3 is 0 Å². The number of carbonyl (C=O) groups excluding carboxylic acids is 2. The molecule has 4 rings (SSSR count). The molecule has 2 aliphatic heterocycles. The van der Waals surface area contributed by atoms with Crippen LogP contribution in [0.4, 0.5) is 0 Å². The predicted octanol–water partition coefficient (Wildman–Crippen LogP) is 2.59. The first-order valence-electron chi connectivity index (χ1n) is 9.79. The Morgan fingerprint density at radius 1 is 1.21 bits per heavy atom. The van der Waals surface area contributed by atoms with E-state index in [-0.39, 0.29) is 24.5 Å². The van der Waals surface area contributed by atoms with Crippen molar-refractivity contribution in [2.45, 2.75) is 26.2 Å². The maximum Gasteiger partial charge on any atom is 0.270 e. The lowest BCUT2D eigenvalue weighted by Crippen LogP contribution is -2.43. The molecule has 1 aromatic heterocycles. The molecule has 28 heavy (non-hydrogen) atoms. The molecule has 7 heteroatoms. The number of nitrogens with one attached hydrogen (secondary N) is 2. The summed E-state index contributed by atoms with van der Waals surface area (Å²) in [5, 5.41) is 2.99. The fraction of sp³-hybridized carbons (Fsp3) is 0.429. The van der Waals surface area contributed by atoms with E-state index >= 15 is 0 Å². The van der Waals surface area contributed by atoms with Crippen LogP contribution in [0.15, 0.2) is 30.3 Å². The summed E-state index contributed by atoms with van der Waals surface area (Å²) >= 11 is 0. The number of hydrogen-bond donors (Lipinski definition) is 2. The third-order valence-corrected chi connectivity index (χ3v) is 5.35. The zero-order chi connectivity index (χ0) is 19.5. The summed E-state index contributed by atoms with van der Waals surface area (Å²) in [6, 6.07) is 8.99. The highest BCUT2D eigenvalue weighted by molar-refractivity contribution is 5.95. The number of hydrogen-bond acceptors (Lipinski definition) is 4. The first-order valence-corrected chi connectivity index (χ1v) is 9.79. The summed E-state index contributed by atoms with van der Waals surface area (Å²) in [6.07, 6.45) is 2.82. The van der Waals surface area contributed by atoms with Gasteiger partial charge in [-0.25, -0.2) is 0 Å². The number of amides is 2. The number of aryl methyl sites for hydroxylation is 1. The van der Waals surface area contributed by atoms with Gasteiger partial charge < -0.3 is 24.7 Å². The van der Waals surface area contributed by atoms with Crippen molar-refractivity contribution in [3.63, 3.8) is 0 Å². The summed E-state index contributed by atoms with van der Waals surface area (Å²) in [4.78, 5) is 30.3. The molecule has 148 valence electrons. The molecule has 0 spiro atoms. The maximum atomic E-state index is 12.7. The molecule has 2 amide bonds. The number of nitrogens with zero attached hydrogens (tertiary/aromatic N) is 1. The third-order valence-electron chi connectivity index (χ3n) is 5.35. The van der Waals surface area contributed by atoms with Crippen LogP contribution in [0.5, 0.6) is 11.5 Å². The van der Waals surface area contributed by atoms with Crippen LogP contribution in [0.3, 0.4) is 0 Å². The Labute approximate surface area is 164 Å². The van der Waals surface area contributed by atoms with Crippen LogP contribution in [0, 0.1) is 5.92 Å². The fourth-order valence-corrected chi connectivity index (χ4v) is 3.73.